The largest absolute Gasteiger partial charge is 0.339 e. The molecular formula is C14H18FN3O5S. The van der Waals surface area contributed by atoms with E-state index in [1.165, 1.54) is 0 Å². The lowest BCUT2D eigenvalue weighted by Gasteiger charge is -2.32. The van der Waals surface area contributed by atoms with Crippen LogP contribution in [0.25, 0.3) is 0 Å². The third-order valence-corrected chi connectivity index (χ3v) is 5.34. The van der Waals surface area contributed by atoms with E-state index >= 15 is 0 Å². The van der Waals surface area contributed by atoms with Crippen molar-refractivity contribution >= 4 is 21.6 Å². The van der Waals surface area contributed by atoms with E-state index in [0.717, 1.165) is 31.0 Å². The number of nitrogens with one attached hydrogen (secondary N) is 1. The summed E-state index contributed by atoms with van der Waals surface area (Å²) >= 11 is 0. The van der Waals surface area contributed by atoms with Crippen LogP contribution in [-0.2, 0) is 14.8 Å². The third kappa shape index (κ3) is 3.88. The van der Waals surface area contributed by atoms with Crippen molar-refractivity contribution in [2.75, 3.05) is 13.1 Å². The Hall–Kier alpha value is -2.07. The van der Waals surface area contributed by atoms with Crippen molar-refractivity contribution in [1.29, 1.82) is 0 Å². The molecule has 1 amide bonds. The molecule has 0 unspecified atom stereocenters. The minimum atomic E-state index is -4.28. The Morgan fingerprint density at radius 1 is 1.42 bits per heavy atom. The highest BCUT2D eigenvalue weighted by atomic mass is 32.2. The minimum absolute atomic E-state index is 0.0512. The van der Waals surface area contributed by atoms with Crippen molar-refractivity contribution in [2.24, 2.45) is 0 Å². The lowest BCUT2D eigenvalue weighted by atomic mass is 10.1. The van der Waals surface area contributed by atoms with Gasteiger partial charge in [0.25, 0.3) is 0 Å². The summed E-state index contributed by atoms with van der Waals surface area (Å²) < 4.78 is 40.4. The van der Waals surface area contributed by atoms with Gasteiger partial charge in [0, 0.05) is 25.6 Å². The summed E-state index contributed by atoms with van der Waals surface area (Å²) in [6.07, 6.45) is 2.08. The lowest BCUT2D eigenvalue weighted by Crippen LogP contribution is -2.47. The number of carbonyl (C=O) groups is 1. The number of piperidine rings is 1. The van der Waals surface area contributed by atoms with Crippen molar-refractivity contribution in [2.45, 2.75) is 37.1 Å². The van der Waals surface area contributed by atoms with Gasteiger partial charge in [-0.3, -0.25) is 14.9 Å². The molecule has 24 heavy (non-hydrogen) atoms. The van der Waals surface area contributed by atoms with E-state index in [1.807, 2.05) is 0 Å². The number of para-hydroxylation sites is 1. The van der Waals surface area contributed by atoms with Crippen LogP contribution < -0.4 is 4.72 Å². The molecule has 132 valence electrons. The Kier molecular flexibility index (Phi) is 5.50. The average Bonchev–Trinajstić information content (AvgIpc) is 2.52. The van der Waals surface area contributed by atoms with Gasteiger partial charge >= 0.3 is 5.69 Å². The maximum absolute atomic E-state index is 13.6. The third-order valence-electron chi connectivity index (χ3n) is 3.88. The van der Waals surface area contributed by atoms with E-state index in [0.29, 0.717) is 13.0 Å². The zero-order valence-corrected chi connectivity index (χ0v) is 13.9. The smallest absolute Gasteiger partial charge is 0.324 e. The number of carbonyl (C=O) groups excluding carboxylic acids is 1. The Bertz CT molecular complexity index is 753. The first-order chi connectivity index (χ1) is 11.2. The minimum Gasteiger partial charge on any atom is -0.339 e. The predicted molar refractivity (Wildman–Crippen MR) is 83.3 cm³/mol. The summed E-state index contributed by atoms with van der Waals surface area (Å²) in [5.41, 5.74) is -1.09. The predicted octanol–water partition coefficient (Wildman–Crippen LogP) is 1.41. The summed E-state index contributed by atoms with van der Waals surface area (Å²) in [7, 11) is -4.28. The molecule has 0 spiro atoms. The second kappa shape index (κ2) is 7.22. The maximum atomic E-state index is 13.6. The first-order valence-corrected chi connectivity index (χ1v) is 8.94. The summed E-state index contributed by atoms with van der Waals surface area (Å²) in [6, 6.07) is 2.49. The molecule has 8 nitrogen and oxygen atoms in total. The molecule has 0 aromatic heterocycles. The first-order valence-electron chi connectivity index (χ1n) is 7.46. The summed E-state index contributed by atoms with van der Waals surface area (Å²) in [5.74, 6) is -1.27. The van der Waals surface area contributed by atoms with Gasteiger partial charge in [0.15, 0.2) is 4.90 Å². The zero-order valence-electron chi connectivity index (χ0n) is 13.1. The molecule has 1 aromatic carbocycles. The first kappa shape index (κ1) is 18.3. The van der Waals surface area contributed by atoms with E-state index in [4.69, 9.17) is 0 Å². The van der Waals surface area contributed by atoms with Gasteiger partial charge < -0.3 is 4.90 Å². The Morgan fingerprint density at radius 2 is 2.12 bits per heavy atom. The van der Waals surface area contributed by atoms with Crippen LogP contribution in [0.5, 0.6) is 0 Å². The molecule has 10 heteroatoms. The van der Waals surface area contributed by atoms with E-state index in [9.17, 15) is 27.7 Å². The van der Waals surface area contributed by atoms with Gasteiger partial charge in [-0.25, -0.2) is 13.1 Å². The molecule has 0 bridgehead atoms. The summed E-state index contributed by atoms with van der Waals surface area (Å²) in [6.45, 7) is 2.12. The van der Waals surface area contributed by atoms with Crippen LogP contribution in [0.4, 0.5) is 10.1 Å². The summed E-state index contributed by atoms with van der Waals surface area (Å²) in [4.78, 5) is 22.5. The Labute approximate surface area is 138 Å². The topological polar surface area (TPSA) is 110 Å². The molecule has 1 saturated heterocycles. The maximum Gasteiger partial charge on any atom is 0.324 e. The van der Waals surface area contributed by atoms with Gasteiger partial charge in [-0.2, -0.15) is 4.39 Å². The Morgan fingerprint density at radius 3 is 2.75 bits per heavy atom. The molecular weight excluding hydrogens is 341 g/mol. The molecule has 2 rings (SSSR count). The molecule has 1 fully saturated rings. The van der Waals surface area contributed by atoms with Crippen LogP contribution in [0.15, 0.2) is 23.1 Å². The van der Waals surface area contributed by atoms with Crippen LogP contribution in [0.2, 0.25) is 0 Å². The van der Waals surface area contributed by atoms with E-state index in [-0.39, 0.29) is 12.5 Å². The highest BCUT2D eigenvalue weighted by Gasteiger charge is 2.30. The van der Waals surface area contributed by atoms with E-state index < -0.39 is 37.4 Å². The van der Waals surface area contributed by atoms with Crippen LogP contribution >= 0.6 is 0 Å². The number of likely N-dealkylation sites (tertiary alicyclic amines) is 1. The van der Waals surface area contributed by atoms with Crippen LogP contribution in [-0.4, -0.2) is 43.3 Å². The average molecular weight is 359 g/mol. The van der Waals surface area contributed by atoms with Crippen LogP contribution in [0.3, 0.4) is 0 Å². The molecule has 1 N–H and O–H groups in total. The fourth-order valence-electron chi connectivity index (χ4n) is 2.60. The van der Waals surface area contributed by atoms with E-state index in [1.54, 1.807) is 11.8 Å². The van der Waals surface area contributed by atoms with Crippen LogP contribution in [0, 0.1) is 15.9 Å². The number of hydrogen-bond acceptors (Lipinski definition) is 5. The molecule has 0 aliphatic carbocycles. The van der Waals surface area contributed by atoms with Crippen molar-refractivity contribution in [1.82, 2.24) is 9.62 Å². The number of hydrogen-bond donors (Lipinski definition) is 1. The molecule has 1 atom stereocenters. The second-order valence-electron chi connectivity index (χ2n) is 5.59. The quantitative estimate of drug-likeness (QED) is 0.610. The Balaban J connectivity index is 2.16. The monoisotopic (exact) mass is 359 g/mol. The van der Waals surface area contributed by atoms with Gasteiger partial charge in [-0.1, -0.05) is 6.07 Å². The fourth-order valence-corrected chi connectivity index (χ4v) is 3.90. The number of amides is 1. The normalized spacial score (nSPS) is 16.9. The molecule has 0 radical (unpaired) electrons. The number of halogens is 1. The van der Waals surface area contributed by atoms with Crippen molar-refractivity contribution in [3.8, 4) is 0 Å². The SMILES string of the molecule is C[C@H](CNS(=O)(=O)c1cccc(F)c1[N+](=O)[O-])N1CCCCC1=O. The molecule has 1 aliphatic heterocycles. The molecule has 0 saturated carbocycles. The van der Waals surface area contributed by atoms with Gasteiger partial charge in [0.05, 0.1) is 4.92 Å². The molecule has 1 aliphatic rings. The van der Waals surface area contributed by atoms with Crippen molar-refractivity contribution in [3.05, 3.63) is 34.1 Å². The van der Waals surface area contributed by atoms with Crippen molar-refractivity contribution in [3.63, 3.8) is 0 Å². The summed E-state index contributed by atoms with van der Waals surface area (Å²) in [5, 5.41) is 10.9. The van der Waals surface area contributed by atoms with Crippen LogP contribution in [0.1, 0.15) is 26.2 Å². The number of sulfonamides is 1. The van der Waals surface area contributed by atoms with Gasteiger partial charge in [-0.05, 0) is 31.9 Å². The number of rotatable bonds is 6. The highest BCUT2D eigenvalue weighted by Crippen LogP contribution is 2.26. The standard InChI is InChI=1S/C14H18FN3O5S/c1-10(17-8-3-2-7-13(17)19)9-16-24(22,23)12-6-4-5-11(15)14(12)18(20)21/h4-6,10,16H,2-3,7-9H2,1H3/t10-/m1/s1. The number of benzene rings is 1. The fraction of sp³-hybridized carbons (Fsp3) is 0.500. The van der Waals surface area contributed by atoms with Gasteiger partial charge in [0.2, 0.25) is 21.7 Å². The van der Waals surface area contributed by atoms with Crippen molar-refractivity contribution < 1.29 is 22.5 Å². The second-order valence-corrected chi connectivity index (χ2v) is 7.32. The number of nitro groups is 1. The van der Waals surface area contributed by atoms with Gasteiger partial charge in [-0.15, -0.1) is 0 Å². The highest BCUT2D eigenvalue weighted by molar-refractivity contribution is 7.89. The number of nitrogens with zero attached hydrogens (tertiary/aromatic N) is 2. The van der Waals surface area contributed by atoms with E-state index in [2.05, 4.69) is 4.72 Å². The van der Waals surface area contributed by atoms with Gasteiger partial charge in [0.1, 0.15) is 0 Å². The zero-order chi connectivity index (χ0) is 17.9. The molecule has 1 heterocycles. The molecule has 1 aromatic rings. The lowest BCUT2D eigenvalue weighted by molar-refractivity contribution is -0.390. The number of nitro benzene ring substituents is 1.